The smallest absolute Gasteiger partial charge is 0.310 e. The molecule has 0 saturated carbocycles. The first-order chi connectivity index (χ1) is 29.3. The van der Waals surface area contributed by atoms with Crippen molar-refractivity contribution in [3.8, 4) is 11.4 Å². The molecule has 0 aliphatic heterocycles. The van der Waals surface area contributed by atoms with Crippen LogP contribution in [0.5, 0.6) is 0 Å². The average Bonchev–Trinajstić information content (AvgIpc) is 3.83. The standard InChI is InChI=1S/C48H42N2O6S4.2HI/c1-3-55-39(51)29-37-41(49-25-13-7-14-26-49)47(59-45(37)43(53)35-17-9-5-10-18-35)57-31-33-21-23-34(24-22-33)32-58-48-42(50-27-15-8-16-28-50)38(30-40(52)56-4-2)46(60-48)44(54)36-19-11-6-12-20-36;;/h5-28H,3-4,29-32H2,1-2H3;2*1H/q+2;;/p-2. The molecule has 0 atom stereocenters. The Morgan fingerprint density at radius 3 is 1.18 bits per heavy atom. The third kappa shape index (κ3) is 12.1. The summed E-state index contributed by atoms with van der Waals surface area (Å²) in [4.78, 5) is 54.9. The van der Waals surface area contributed by atoms with Crippen LogP contribution in [0.3, 0.4) is 0 Å². The third-order valence-electron chi connectivity index (χ3n) is 9.34. The Kier molecular flexibility index (Phi) is 18.9. The second-order valence-corrected chi connectivity index (χ2v) is 17.9. The normalized spacial score (nSPS) is 10.6. The monoisotopic (exact) mass is 1120 g/mol. The maximum atomic E-state index is 14.0. The molecule has 4 heterocycles. The number of benzene rings is 3. The second-order valence-electron chi connectivity index (χ2n) is 13.4. The first kappa shape index (κ1) is 48.8. The Labute approximate surface area is 412 Å². The molecule has 0 spiro atoms. The van der Waals surface area contributed by atoms with Crippen LogP contribution < -0.4 is 57.1 Å². The Balaban J connectivity index is 0.00000363. The van der Waals surface area contributed by atoms with E-state index in [1.807, 2.05) is 107 Å². The highest BCUT2D eigenvalue weighted by Gasteiger charge is 2.33. The summed E-state index contributed by atoms with van der Waals surface area (Å²) in [5, 5.41) is 0. The molecule has 0 bridgehead atoms. The molecule has 4 aromatic heterocycles. The molecule has 0 amide bonds. The minimum absolute atomic E-state index is 0. The van der Waals surface area contributed by atoms with Gasteiger partial charge in [0.25, 0.3) is 0 Å². The van der Waals surface area contributed by atoms with Crippen LogP contribution in [0.15, 0.2) is 155 Å². The van der Waals surface area contributed by atoms with E-state index in [2.05, 4.69) is 24.3 Å². The van der Waals surface area contributed by atoms with Crippen LogP contribution >= 0.6 is 46.2 Å². The molecule has 14 heteroatoms. The summed E-state index contributed by atoms with van der Waals surface area (Å²) in [5.41, 5.74) is 6.23. The van der Waals surface area contributed by atoms with Crippen LogP contribution in [0.1, 0.15) is 66.6 Å². The summed E-state index contributed by atoms with van der Waals surface area (Å²) in [6, 6.07) is 38.3. The Bertz CT molecular complexity index is 2410. The lowest BCUT2D eigenvalue weighted by Gasteiger charge is -2.06. The van der Waals surface area contributed by atoms with E-state index >= 15 is 0 Å². The predicted molar refractivity (Wildman–Crippen MR) is 238 cm³/mol. The number of rotatable bonds is 18. The van der Waals surface area contributed by atoms with E-state index in [4.69, 9.17) is 9.47 Å². The number of esters is 2. The van der Waals surface area contributed by atoms with E-state index < -0.39 is 0 Å². The number of pyridine rings is 2. The number of halogens is 2. The molecule has 7 rings (SSSR count). The van der Waals surface area contributed by atoms with E-state index in [-0.39, 0.29) is 97.5 Å². The summed E-state index contributed by atoms with van der Waals surface area (Å²) < 4.78 is 16.5. The summed E-state index contributed by atoms with van der Waals surface area (Å²) in [6.45, 7) is 4.05. The summed E-state index contributed by atoms with van der Waals surface area (Å²) in [7, 11) is 0. The van der Waals surface area contributed by atoms with Gasteiger partial charge in [-0.1, -0.05) is 97.1 Å². The van der Waals surface area contributed by atoms with Gasteiger partial charge in [-0.15, -0.1) is 46.2 Å². The maximum absolute atomic E-state index is 14.0. The first-order valence-corrected chi connectivity index (χ1v) is 23.0. The van der Waals surface area contributed by atoms with Gasteiger partial charge in [-0.2, -0.15) is 9.13 Å². The number of nitrogens with zero attached hydrogens (tertiary/aromatic N) is 2. The molecule has 8 nitrogen and oxygen atoms in total. The summed E-state index contributed by atoms with van der Waals surface area (Å²) >= 11 is 6.08. The molecular weight excluding hydrogens is 1080 g/mol. The summed E-state index contributed by atoms with van der Waals surface area (Å²) in [5.74, 6) is 0.242. The zero-order valence-electron chi connectivity index (χ0n) is 33.8. The fraction of sp³-hybridized carbons (Fsp3) is 0.167. The molecule has 0 unspecified atom stereocenters. The lowest BCUT2D eigenvalue weighted by molar-refractivity contribution is -0.598. The topological polar surface area (TPSA) is 94.5 Å². The molecule has 0 fully saturated rings. The lowest BCUT2D eigenvalue weighted by Crippen LogP contribution is -3.00. The van der Waals surface area contributed by atoms with Gasteiger partial charge in [-0.25, -0.2) is 0 Å². The van der Waals surface area contributed by atoms with Crippen molar-refractivity contribution in [1.29, 1.82) is 0 Å². The van der Waals surface area contributed by atoms with Gasteiger partial charge in [0.1, 0.15) is 8.42 Å². The van der Waals surface area contributed by atoms with E-state index in [0.717, 1.165) is 30.9 Å². The molecule has 0 saturated heterocycles. The van der Waals surface area contributed by atoms with Crippen molar-refractivity contribution in [2.45, 2.75) is 46.6 Å². The maximum Gasteiger partial charge on any atom is 0.310 e. The van der Waals surface area contributed by atoms with Crippen LogP contribution in [0.4, 0.5) is 0 Å². The highest BCUT2D eigenvalue weighted by molar-refractivity contribution is 8.00. The predicted octanol–water partition coefficient (Wildman–Crippen LogP) is 3.63. The SMILES string of the molecule is CCOC(=O)Cc1c(C(=O)c2ccccc2)sc(SCc2ccc(CSc3sc(C(=O)c4ccccc4)c(CC(=O)OCC)c3-[n+]3ccccc3)cc2)c1-[n+]1ccccc1.[I-].[I-]. The fourth-order valence-electron chi connectivity index (χ4n) is 6.56. The van der Waals surface area contributed by atoms with Gasteiger partial charge in [0, 0.05) is 46.9 Å². The number of thioether (sulfide) groups is 2. The van der Waals surface area contributed by atoms with Crippen molar-refractivity contribution in [2.24, 2.45) is 0 Å². The molecule has 0 aliphatic carbocycles. The number of carbonyl (C=O) groups is 4. The van der Waals surface area contributed by atoms with Gasteiger partial charge in [-0.05, 0) is 25.0 Å². The van der Waals surface area contributed by atoms with Crippen molar-refractivity contribution in [2.75, 3.05) is 13.2 Å². The number of hydrogen-bond acceptors (Lipinski definition) is 10. The van der Waals surface area contributed by atoms with Crippen molar-refractivity contribution in [3.05, 3.63) is 189 Å². The molecule has 62 heavy (non-hydrogen) atoms. The molecule has 0 aliphatic rings. The molecule has 0 N–H and O–H groups in total. The average molecular weight is 1120 g/mol. The molecule has 7 aromatic rings. The van der Waals surface area contributed by atoms with Gasteiger partial charge < -0.3 is 57.4 Å². The zero-order chi connectivity index (χ0) is 41.8. The van der Waals surface area contributed by atoms with Gasteiger partial charge in [0.15, 0.2) is 24.8 Å². The minimum Gasteiger partial charge on any atom is -1.00 e. The second kappa shape index (κ2) is 24.0. The van der Waals surface area contributed by atoms with Crippen molar-refractivity contribution in [1.82, 2.24) is 0 Å². The van der Waals surface area contributed by atoms with E-state index in [9.17, 15) is 19.2 Å². The highest BCUT2D eigenvalue weighted by Crippen LogP contribution is 2.41. The Morgan fingerprint density at radius 1 is 0.500 bits per heavy atom. The lowest BCUT2D eigenvalue weighted by atomic mass is 10.0. The third-order valence-corrected chi connectivity index (χ3v) is 14.4. The van der Waals surface area contributed by atoms with Crippen molar-refractivity contribution < 1.29 is 85.7 Å². The van der Waals surface area contributed by atoms with Gasteiger partial charge in [-0.3, -0.25) is 19.2 Å². The fourth-order valence-corrected chi connectivity index (χ4v) is 11.6. The molecular formula is C48H42I2N2O6S4. The number of thiophene rings is 2. The highest BCUT2D eigenvalue weighted by atomic mass is 127. The number of carbonyl (C=O) groups excluding carboxylic acids is 4. The van der Waals surface area contributed by atoms with E-state index in [1.54, 1.807) is 61.6 Å². The van der Waals surface area contributed by atoms with Gasteiger partial charge in [0.2, 0.25) is 22.9 Å². The van der Waals surface area contributed by atoms with Gasteiger partial charge in [0.05, 0.1) is 46.9 Å². The first-order valence-electron chi connectivity index (χ1n) is 19.4. The number of ether oxygens (including phenoxy) is 2. The summed E-state index contributed by atoms with van der Waals surface area (Å²) in [6.07, 6.45) is 7.67. The van der Waals surface area contributed by atoms with Crippen molar-refractivity contribution in [3.63, 3.8) is 0 Å². The zero-order valence-corrected chi connectivity index (χ0v) is 41.4. The molecule has 3 aromatic carbocycles. The minimum atomic E-state index is -0.383. The van der Waals surface area contributed by atoms with Crippen molar-refractivity contribution >= 4 is 69.7 Å². The largest absolute Gasteiger partial charge is 1.00 e. The van der Waals surface area contributed by atoms with Crippen LogP contribution in [0.2, 0.25) is 0 Å². The van der Waals surface area contributed by atoms with Crippen LogP contribution in [0.25, 0.3) is 11.4 Å². The van der Waals surface area contributed by atoms with E-state index in [0.29, 0.717) is 43.5 Å². The Hall–Kier alpha value is -4.20. The van der Waals surface area contributed by atoms with Crippen LogP contribution in [-0.2, 0) is 43.4 Å². The van der Waals surface area contributed by atoms with Crippen LogP contribution in [-0.4, -0.2) is 36.7 Å². The number of hydrogen-bond donors (Lipinski definition) is 0. The van der Waals surface area contributed by atoms with Crippen LogP contribution in [0, 0.1) is 0 Å². The number of aromatic nitrogens is 2. The Morgan fingerprint density at radius 2 is 0.839 bits per heavy atom. The quantitative estimate of drug-likeness (QED) is 0.0424. The molecule has 318 valence electrons. The van der Waals surface area contributed by atoms with Gasteiger partial charge >= 0.3 is 11.9 Å². The number of ketones is 2. The molecule has 0 radical (unpaired) electrons. The van der Waals surface area contributed by atoms with E-state index in [1.165, 1.54) is 22.7 Å².